The van der Waals surface area contributed by atoms with Crippen molar-refractivity contribution in [3.63, 3.8) is 0 Å². The van der Waals surface area contributed by atoms with Crippen LogP contribution in [0, 0.1) is 11.3 Å². The lowest BCUT2D eigenvalue weighted by atomic mass is 10.1. The van der Waals surface area contributed by atoms with Crippen molar-refractivity contribution in [1.82, 2.24) is 0 Å². The largest absolute Gasteiger partial charge is 0.465 e. The summed E-state index contributed by atoms with van der Waals surface area (Å²) in [6.07, 6.45) is 1.89. The predicted octanol–water partition coefficient (Wildman–Crippen LogP) is 3.16. The van der Waals surface area contributed by atoms with E-state index in [9.17, 15) is 4.79 Å². The minimum Gasteiger partial charge on any atom is -0.465 e. The molecule has 1 saturated carbocycles. The van der Waals surface area contributed by atoms with E-state index in [-0.39, 0.29) is 17.3 Å². The Morgan fingerprint density at radius 3 is 2.29 bits per heavy atom. The van der Waals surface area contributed by atoms with Crippen LogP contribution < -0.4 is 0 Å². The molecule has 0 heterocycles. The van der Waals surface area contributed by atoms with Gasteiger partial charge in [-0.1, -0.05) is 27.2 Å². The zero-order valence-corrected chi connectivity index (χ0v) is 10.3. The Morgan fingerprint density at radius 2 is 1.93 bits per heavy atom. The van der Waals surface area contributed by atoms with Gasteiger partial charge in [0.15, 0.2) is 0 Å². The van der Waals surface area contributed by atoms with E-state index < -0.39 is 4.33 Å². The Labute approximate surface area is 94.9 Å². The third kappa shape index (κ3) is 1.87. The van der Waals surface area contributed by atoms with Gasteiger partial charge in [0.05, 0.1) is 12.5 Å². The van der Waals surface area contributed by atoms with Gasteiger partial charge in [-0.3, -0.25) is 4.79 Å². The van der Waals surface area contributed by atoms with Gasteiger partial charge in [-0.25, -0.2) is 0 Å². The first-order valence-corrected chi connectivity index (χ1v) is 5.65. The first-order chi connectivity index (χ1) is 6.35. The molecule has 1 unspecified atom stereocenters. The summed E-state index contributed by atoms with van der Waals surface area (Å²) in [5.41, 5.74) is -0.362. The molecule has 1 atom stereocenters. The molecule has 0 aromatic heterocycles. The van der Waals surface area contributed by atoms with Crippen molar-refractivity contribution in [3.05, 3.63) is 0 Å². The third-order valence-electron chi connectivity index (χ3n) is 2.84. The second kappa shape index (κ2) is 3.90. The molecular weight excluding hydrogens is 223 g/mol. The number of hydrogen-bond acceptors (Lipinski definition) is 2. The van der Waals surface area contributed by atoms with E-state index >= 15 is 0 Å². The number of hydrogen-bond donors (Lipinski definition) is 0. The van der Waals surface area contributed by atoms with Gasteiger partial charge in [0, 0.05) is 5.41 Å². The fourth-order valence-corrected chi connectivity index (χ4v) is 2.33. The van der Waals surface area contributed by atoms with Gasteiger partial charge in [-0.15, -0.1) is 23.2 Å². The zero-order chi connectivity index (χ0) is 11.0. The average Bonchev–Trinajstić information content (AvgIpc) is 2.43. The monoisotopic (exact) mass is 238 g/mol. The molecule has 0 aromatic rings. The smallest absolute Gasteiger partial charge is 0.312 e. The van der Waals surface area contributed by atoms with Crippen LogP contribution in [0.2, 0.25) is 0 Å². The molecule has 1 aliphatic carbocycles. The van der Waals surface area contributed by atoms with Crippen molar-refractivity contribution in [2.45, 2.75) is 37.9 Å². The molecule has 0 radical (unpaired) electrons. The second-order valence-electron chi connectivity index (χ2n) is 4.30. The zero-order valence-electron chi connectivity index (χ0n) is 8.77. The molecule has 0 aliphatic heterocycles. The van der Waals surface area contributed by atoms with Crippen molar-refractivity contribution < 1.29 is 9.53 Å². The van der Waals surface area contributed by atoms with Crippen molar-refractivity contribution in [1.29, 1.82) is 0 Å². The molecular formula is C10H16Cl2O2. The maximum Gasteiger partial charge on any atom is 0.312 e. The van der Waals surface area contributed by atoms with Crippen LogP contribution in [-0.2, 0) is 9.53 Å². The average molecular weight is 239 g/mol. The summed E-state index contributed by atoms with van der Waals surface area (Å²) >= 11 is 11.9. The van der Waals surface area contributed by atoms with Crippen LogP contribution in [0.15, 0.2) is 0 Å². The van der Waals surface area contributed by atoms with Crippen LogP contribution in [0.4, 0.5) is 0 Å². The predicted molar refractivity (Wildman–Crippen MR) is 57.6 cm³/mol. The Balaban J connectivity index is 2.42. The lowest BCUT2D eigenvalue weighted by molar-refractivity contribution is -0.146. The van der Waals surface area contributed by atoms with E-state index in [0.29, 0.717) is 6.61 Å². The van der Waals surface area contributed by atoms with E-state index in [1.165, 1.54) is 0 Å². The first-order valence-electron chi connectivity index (χ1n) is 4.90. The Bertz CT molecular complexity index is 222. The first kappa shape index (κ1) is 12.1. The van der Waals surface area contributed by atoms with Gasteiger partial charge in [0.2, 0.25) is 0 Å². The SMILES string of the molecule is CCCCOC(=O)C1C(C)(C)C1(Cl)Cl. The van der Waals surface area contributed by atoms with Crippen molar-refractivity contribution >= 4 is 29.2 Å². The molecule has 82 valence electrons. The summed E-state index contributed by atoms with van der Waals surface area (Å²) in [6.45, 7) is 6.26. The van der Waals surface area contributed by atoms with Crippen LogP contribution >= 0.6 is 23.2 Å². The molecule has 1 aliphatic rings. The molecule has 0 N–H and O–H groups in total. The van der Waals surface area contributed by atoms with Gasteiger partial charge in [0.1, 0.15) is 4.33 Å². The molecule has 2 nitrogen and oxygen atoms in total. The van der Waals surface area contributed by atoms with Gasteiger partial charge in [-0.05, 0) is 6.42 Å². The third-order valence-corrected chi connectivity index (χ3v) is 4.25. The number of halogens is 2. The Hall–Kier alpha value is 0.0500. The summed E-state index contributed by atoms with van der Waals surface area (Å²) in [5.74, 6) is -0.649. The summed E-state index contributed by atoms with van der Waals surface area (Å²) in [7, 11) is 0. The lowest BCUT2D eigenvalue weighted by Gasteiger charge is -2.03. The topological polar surface area (TPSA) is 26.3 Å². The molecule has 0 bridgehead atoms. The number of carbonyl (C=O) groups excluding carboxylic acids is 1. The van der Waals surface area contributed by atoms with Crippen LogP contribution in [0.5, 0.6) is 0 Å². The van der Waals surface area contributed by atoms with Crippen LogP contribution in [0.1, 0.15) is 33.6 Å². The number of alkyl halides is 2. The standard InChI is InChI=1S/C10H16Cl2O2/c1-4-5-6-14-8(13)7-9(2,3)10(7,11)12/h7H,4-6H2,1-3H3. The van der Waals surface area contributed by atoms with Crippen LogP contribution in [-0.4, -0.2) is 16.9 Å². The van der Waals surface area contributed by atoms with E-state index in [1.807, 2.05) is 20.8 Å². The van der Waals surface area contributed by atoms with E-state index in [1.54, 1.807) is 0 Å². The highest BCUT2D eigenvalue weighted by Gasteiger charge is 2.74. The molecule has 0 aromatic carbocycles. The second-order valence-corrected chi connectivity index (χ2v) is 5.68. The molecule has 0 spiro atoms. The molecule has 1 fully saturated rings. The van der Waals surface area contributed by atoms with Crippen molar-refractivity contribution in [2.24, 2.45) is 11.3 Å². The minimum atomic E-state index is -0.948. The van der Waals surface area contributed by atoms with Crippen molar-refractivity contribution in [2.75, 3.05) is 6.61 Å². The van der Waals surface area contributed by atoms with E-state index in [0.717, 1.165) is 12.8 Å². The number of carbonyl (C=O) groups is 1. The van der Waals surface area contributed by atoms with E-state index in [2.05, 4.69) is 0 Å². The normalized spacial score (nSPS) is 27.1. The summed E-state index contributed by atoms with van der Waals surface area (Å²) in [5, 5.41) is 0. The van der Waals surface area contributed by atoms with Gasteiger partial charge in [-0.2, -0.15) is 0 Å². The summed E-state index contributed by atoms with van der Waals surface area (Å²) in [6, 6.07) is 0. The van der Waals surface area contributed by atoms with Crippen molar-refractivity contribution in [3.8, 4) is 0 Å². The quantitative estimate of drug-likeness (QED) is 0.428. The van der Waals surface area contributed by atoms with Crippen LogP contribution in [0.3, 0.4) is 0 Å². The number of rotatable bonds is 4. The number of ether oxygens (including phenoxy) is 1. The van der Waals surface area contributed by atoms with E-state index in [4.69, 9.17) is 27.9 Å². The maximum atomic E-state index is 11.5. The number of esters is 1. The summed E-state index contributed by atoms with van der Waals surface area (Å²) < 4.78 is 4.12. The maximum absolute atomic E-state index is 11.5. The highest BCUT2D eigenvalue weighted by atomic mass is 35.5. The molecule has 4 heteroatoms. The highest BCUT2D eigenvalue weighted by molar-refractivity contribution is 6.53. The fraction of sp³-hybridized carbons (Fsp3) is 0.900. The minimum absolute atomic E-state index is 0.270. The Kier molecular flexibility index (Phi) is 3.37. The lowest BCUT2D eigenvalue weighted by Crippen LogP contribution is -2.12. The molecule has 1 rings (SSSR count). The number of unbranched alkanes of at least 4 members (excludes halogenated alkanes) is 1. The molecule has 0 saturated heterocycles. The van der Waals surface area contributed by atoms with Gasteiger partial charge < -0.3 is 4.74 Å². The molecule has 14 heavy (non-hydrogen) atoms. The summed E-state index contributed by atoms with van der Waals surface area (Å²) in [4.78, 5) is 11.5. The Morgan fingerprint density at radius 1 is 1.43 bits per heavy atom. The fourth-order valence-electron chi connectivity index (χ4n) is 1.50. The van der Waals surface area contributed by atoms with Gasteiger partial charge >= 0.3 is 5.97 Å². The highest BCUT2D eigenvalue weighted by Crippen LogP contribution is 2.68. The van der Waals surface area contributed by atoms with Gasteiger partial charge in [0.25, 0.3) is 0 Å². The van der Waals surface area contributed by atoms with Crippen LogP contribution in [0.25, 0.3) is 0 Å². The molecule has 0 amide bonds.